The molecule has 27 heavy (non-hydrogen) atoms. The van der Waals surface area contributed by atoms with E-state index in [1.165, 1.54) is 0 Å². The monoisotopic (exact) mass is 484 g/mol. The number of aliphatic imine (C=N–C) groups is 1. The Hall–Kier alpha value is -2.10. The highest BCUT2D eigenvalue weighted by atomic mass is 127. The summed E-state index contributed by atoms with van der Waals surface area (Å²) in [5, 5.41) is 14.7. The van der Waals surface area contributed by atoms with Crippen molar-refractivity contribution in [3.63, 3.8) is 0 Å². The van der Waals surface area contributed by atoms with Crippen molar-refractivity contribution in [1.29, 1.82) is 0 Å². The molecule has 0 saturated heterocycles. The summed E-state index contributed by atoms with van der Waals surface area (Å²) in [6.45, 7) is 10.8. The van der Waals surface area contributed by atoms with Gasteiger partial charge in [-0.2, -0.15) is 0 Å². The third-order valence-electron chi connectivity index (χ3n) is 3.79. The molecule has 0 unspecified atom stereocenters. The molecular weight excluding hydrogens is 455 g/mol. The summed E-state index contributed by atoms with van der Waals surface area (Å²) >= 11 is 0. The van der Waals surface area contributed by atoms with Crippen molar-refractivity contribution in [1.82, 2.24) is 25.4 Å². The number of ether oxygens (including phenoxy) is 1. The second-order valence-corrected chi connectivity index (χ2v) is 6.04. The zero-order valence-electron chi connectivity index (χ0n) is 16.2. The van der Waals surface area contributed by atoms with Crippen LogP contribution in [-0.2, 0) is 19.5 Å². The number of guanidine groups is 1. The van der Waals surface area contributed by atoms with E-state index in [4.69, 9.17) is 4.74 Å². The predicted molar refractivity (Wildman–Crippen MR) is 120 cm³/mol. The van der Waals surface area contributed by atoms with Crippen molar-refractivity contribution in [2.45, 2.75) is 33.4 Å². The number of halogens is 1. The number of aromatic nitrogens is 3. The van der Waals surface area contributed by atoms with Crippen molar-refractivity contribution >= 4 is 29.9 Å². The Bertz CT molecular complexity index is 726. The predicted octanol–water partition coefficient (Wildman–Crippen LogP) is 2.78. The summed E-state index contributed by atoms with van der Waals surface area (Å²) in [6, 6.07) is 7.92. The zero-order chi connectivity index (χ0) is 18.8. The van der Waals surface area contributed by atoms with E-state index < -0.39 is 0 Å². The van der Waals surface area contributed by atoms with E-state index in [-0.39, 0.29) is 24.0 Å². The van der Waals surface area contributed by atoms with Crippen LogP contribution in [0, 0.1) is 0 Å². The van der Waals surface area contributed by atoms with Crippen molar-refractivity contribution in [3.05, 3.63) is 54.1 Å². The maximum absolute atomic E-state index is 5.18. The first-order valence-electron chi connectivity index (χ1n) is 8.78. The second-order valence-electron chi connectivity index (χ2n) is 6.04. The van der Waals surface area contributed by atoms with Crippen molar-refractivity contribution < 1.29 is 4.74 Å². The molecule has 1 aromatic heterocycles. The van der Waals surface area contributed by atoms with Crippen LogP contribution in [-0.4, -0.2) is 40.9 Å². The Balaban J connectivity index is 0.00000364. The molecule has 0 spiro atoms. The molecule has 0 amide bonds. The minimum Gasteiger partial charge on any atom is -0.497 e. The van der Waals surface area contributed by atoms with Gasteiger partial charge < -0.3 is 19.9 Å². The minimum absolute atomic E-state index is 0. The summed E-state index contributed by atoms with van der Waals surface area (Å²) < 4.78 is 7.23. The van der Waals surface area contributed by atoms with Gasteiger partial charge in [-0.25, -0.2) is 4.99 Å². The SMILES string of the molecule is C=C(C)CNC(=NCc1ccc(OC)cc1)NCCn1cnnc1CC.I. The molecule has 1 heterocycles. The molecule has 0 aliphatic rings. The van der Waals surface area contributed by atoms with Gasteiger partial charge in [0.1, 0.15) is 17.9 Å². The second kappa shape index (κ2) is 12.3. The number of hydrogen-bond acceptors (Lipinski definition) is 4. The number of nitrogens with one attached hydrogen (secondary N) is 2. The van der Waals surface area contributed by atoms with E-state index in [2.05, 4.69) is 39.3 Å². The lowest BCUT2D eigenvalue weighted by Crippen LogP contribution is -2.39. The number of aryl methyl sites for hydroxylation is 1. The number of benzene rings is 1. The largest absolute Gasteiger partial charge is 0.497 e. The molecule has 7 nitrogen and oxygen atoms in total. The molecule has 0 bridgehead atoms. The molecule has 8 heteroatoms. The molecule has 0 aliphatic heterocycles. The van der Waals surface area contributed by atoms with Gasteiger partial charge in [-0.15, -0.1) is 34.2 Å². The van der Waals surface area contributed by atoms with Crippen molar-refractivity contribution in [3.8, 4) is 5.75 Å². The van der Waals surface area contributed by atoms with Crippen LogP contribution in [0.4, 0.5) is 0 Å². The van der Waals surface area contributed by atoms with Crippen molar-refractivity contribution in [2.24, 2.45) is 4.99 Å². The molecule has 0 radical (unpaired) electrons. The third kappa shape index (κ3) is 7.98. The topological polar surface area (TPSA) is 76.4 Å². The lowest BCUT2D eigenvalue weighted by Gasteiger charge is -2.13. The molecular formula is C19H29IN6O. The molecule has 1 aromatic carbocycles. The Morgan fingerprint density at radius 2 is 2.00 bits per heavy atom. The average Bonchev–Trinajstić information content (AvgIpc) is 3.11. The van der Waals surface area contributed by atoms with Gasteiger partial charge in [0.25, 0.3) is 0 Å². The Labute approximate surface area is 178 Å². The van der Waals surface area contributed by atoms with Gasteiger partial charge in [0.2, 0.25) is 0 Å². The van der Waals surface area contributed by atoms with Gasteiger partial charge in [-0.1, -0.05) is 31.2 Å². The van der Waals surface area contributed by atoms with E-state index in [9.17, 15) is 0 Å². The fraction of sp³-hybridized carbons (Fsp3) is 0.421. The van der Waals surface area contributed by atoms with Crippen LogP contribution >= 0.6 is 24.0 Å². The maximum atomic E-state index is 5.18. The summed E-state index contributed by atoms with van der Waals surface area (Å²) in [4.78, 5) is 4.65. The minimum atomic E-state index is 0. The number of hydrogen-bond donors (Lipinski definition) is 2. The number of methoxy groups -OCH3 is 1. The van der Waals surface area contributed by atoms with Crippen molar-refractivity contribution in [2.75, 3.05) is 20.2 Å². The summed E-state index contributed by atoms with van der Waals surface area (Å²) in [7, 11) is 1.66. The summed E-state index contributed by atoms with van der Waals surface area (Å²) in [6.07, 6.45) is 2.63. The lowest BCUT2D eigenvalue weighted by atomic mass is 10.2. The first kappa shape index (κ1) is 22.9. The van der Waals surface area contributed by atoms with Crippen LogP contribution in [0.2, 0.25) is 0 Å². The van der Waals surface area contributed by atoms with Gasteiger partial charge in [0, 0.05) is 26.1 Å². The molecule has 2 rings (SSSR count). The van der Waals surface area contributed by atoms with Gasteiger partial charge in [-0.3, -0.25) is 0 Å². The summed E-state index contributed by atoms with van der Waals surface area (Å²) in [5.74, 6) is 2.59. The van der Waals surface area contributed by atoms with E-state index in [0.29, 0.717) is 13.1 Å². The molecule has 0 fully saturated rings. The first-order chi connectivity index (χ1) is 12.6. The molecule has 148 valence electrons. The highest BCUT2D eigenvalue weighted by Crippen LogP contribution is 2.11. The van der Waals surface area contributed by atoms with Crippen LogP contribution in [0.3, 0.4) is 0 Å². The quantitative estimate of drug-likeness (QED) is 0.248. The molecule has 2 N–H and O–H groups in total. The molecule has 0 atom stereocenters. The van der Waals surface area contributed by atoms with Gasteiger partial charge in [-0.05, 0) is 24.6 Å². The number of rotatable bonds is 9. The average molecular weight is 484 g/mol. The fourth-order valence-corrected chi connectivity index (χ4v) is 2.34. The first-order valence-corrected chi connectivity index (χ1v) is 8.78. The third-order valence-corrected chi connectivity index (χ3v) is 3.79. The van der Waals surface area contributed by atoms with Crippen LogP contribution in [0.25, 0.3) is 0 Å². The summed E-state index contributed by atoms with van der Waals surface area (Å²) in [5.41, 5.74) is 2.17. The standard InChI is InChI=1S/C19H28N6O.HI/c1-5-18-24-23-14-25(18)11-10-20-19(21-12-15(2)3)22-13-16-6-8-17(26-4)9-7-16;/h6-9,14H,2,5,10-13H2,1,3-4H3,(H2,20,21,22);1H. The maximum Gasteiger partial charge on any atom is 0.191 e. The van der Waals surface area contributed by atoms with Crippen LogP contribution in [0.1, 0.15) is 25.2 Å². The smallest absolute Gasteiger partial charge is 0.191 e. The van der Waals surface area contributed by atoms with Crippen LogP contribution in [0.5, 0.6) is 5.75 Å². The van der Waals surface area contributed by atoms with E-state index in [1.54, 1.807) is 13.4 Å². The Morgan fingerprint density at radius 1 is 1.26 bits per heavy atom. The Morgan fingerprint density at radius 3 is 2.63 bits per heavy atom. The van der Waals surface area contributed by atoms with Gasteiger partial charge in [0.05, 0.1) is 13.7 Å². The van der Waals surface area contributed by atoms with E-state index in [0.717, 1.165) is 48.2 Å². The van der Waals surface area contributed by atoms with Gasteiger partial charge >= 0.3 is 0 Å². The highest BCUT2D eigenvalue weighted by Gasteiger charge is 2.03. The lowest BCUT2D eigenvalue weighted by molar-refractivity contribution is 0.414. The van der Waals surface area contributed by atoms with E-state index in [1.807, 2.05) is 35.8 Å². The number of nitrogens with zero attached hydrogens (tertiary/aromatic N) is 4. The Kier molecular flexibility index (Phi) is 10.5. The van der Waals surface area contributed by atoms with E-state index >= 15 is 0 Å². The van der Waals surface area contributed by atoms with Gasteiger partial charge in [0.15, 0.2) is 5.96 Å². The zero-order valence-corrected chi connectivity index (χ0v) is 18.6. The molecule has 2 aromatic rings. The highest BCUT2D eigenvalue weighted by molar-refractivity contribution is 14.0. The van der Waals surface area contributed by atoms with Crippen LogP contribution < -0.4 is 15.4 Å². The fourth-order valence-electron chi connectivity index (χ4n) is 2.34. The van der Waals surface area contributed by atoms with Crippen LogP contribution in [0.15, 0.2) is 47.7 Å². The molecule has 0 aliphatic carbocycles. The normalized spacial score (nSPS) is 10.9. The molecule has 0 saturated carbocycles.